The van der Waals surface area contributed by atoms with Crippen molar-refractivity contribution in [3.05, 3.63) is 27.4 Å². The predicted octanol–water partition coefficient (Wildman–Crippen LogP) is 3.63. The van der Waals surface area contributed by atoms with Gasteiger partial charge in [0, 0.05) is 27.8 Å². The van der Waals surface area contributed by atoms with Gasteiger partial charge in [0.1, 0.15) is 5.01 Å². The summed E-state index contributed by atoms with van der Waals surface area (Å²) in [6, 6.07) is 2.11. The molecule has 4 heteroatoms. The number of nitrogens with two attached hydrogens (primary N) is 1. The van der Waals surface area contributed by atoms with Crippen molar-refractivity contribution < 1.29 is 0 Å². The SMILES string of the molecule is CC(C)(C)c1nc(-c2ccsc2)sc1CN. The lowest BCUT2D eigenvalue weighted by molar-refractivity contribution is 0.567. The Hall–Kier alpha value is -0.710. The minimum Gasteiger partial charge on any atom is -0.326 e. The van der Waals surface area contributed by atoms with Gasteiger partial charge < -0.3 is 5.73 Å². The third-order valence-corrected chi connectivity index (χ3v) is 4.17. The summed E-state index contributed by atoms with van der Waals surface area (Å²) in [6.45, 7) is 7.12. The predicted molar refractivity (Wildman–Crippen MR) is 72.0 cm³/mol. The van der Waals surface area contributed by atoms with Crippen LogP contribution in [-0.2, 0) is 12.0 Å². The molecule has 0 aliphatic carbocycles. The van der Waals surface area contributed by atoms with Gasteiger partial charge >= 0.3 is 0 Å². The van der Waals surface area contributed by atoms with Crippen LogP contribution in [0.25, 0.3) is 10.6 Å². The lowest BCUT2D eigenvalue weighted by Crippen LogP contribution is -2.15. The summed E-state index contributed by atoms with van der Waals surface area (Å²) in [5.74, 6) is 0. The van der Waals surface area contributed by atoms with Crippen LogP contribution in [0.2, 0.25) is 0 Å². The highest BCUT2D eigenvalue weighted by Crippen LogP contribution is 2.34. The van der Waals surface area contributed by atoms with E-state index in [0.717, 1.165) is 10.7 Å². The van der Waals surface area contributed by atoms with Crippen LogP contribution >= 0.6 is 22.7 Å². The molecule has 0 fully saturated rings. The van der Waals surface area contributed by atoms with E-state index in [1.807, 2.05) is 0 Å². The van der Waals surface area contributed by atoms with Gasteiger partial charge in [-0.05, 0) is 11.4 Å². The topological polar surface area (TPSA) is 38.9 Å². The maximum Gasteiger partial charge on any atom is 0.124 e. The van der Waals surface area contributed by atoms with Gasteiger partial charge in [-0.15, -0.1) is 11.3 Å². The second-order valence-electron chi connectivity index (χ2n) is 4.76. The standard InChI is InChI=1S/C12H16N2S2/c1-12(2,3)10-9(6-13)16-11(14-10)8-4-5-15-7-8/h4-5,7H,6,13H2,1-3H3. The molecule has 2 N–H and O–H groups in total. The molecule has 0 aliphatic rings. The second-order valence-corrected chi connectivity index (χ2v) is 6.62. The lowest BCUT2D eigenvalue weighted by atomic mass is 9.91. The number of thiazole rings is 1. The molecule has 0 atom stereocenters. The van der Waals surface area contributed by atoms with Gasteiger partial charge in [-0.25, -0.2) is 4.98 Å². The molecule has 0 radical (unpaired) electrons. The summed E-state index contributed by atoms with van der Waals surface area (Å²) >= 11 is 3.41. The van der Waals surface area contributed by atoms with E-state index in [2.05, 4.69) is 37.6 Å². The minimum absolute atomic E-state index is 0.0689. The van der Waals surface area contributed by atoms with Gasteiger partial charge in [0.2, 0.25) is 0 Å². The van der Waals surface area contributed by atoms with Crippen LogP contribution in [0.15, 0.2) is 16.8 Å². The van der Waals surface area contributed by atoms with Crippen LogP contribution in [0.4, 0.5) is 0 Å². The first kappa shape index (κ1) is 11.8. The lowest BCUT2D eigenvalue weighted by Gasteiger charge is -2.16. The third-order valence-electron chi connectivity index (χ3n) is 2.36. The monoisotopic (exact) mass is 252 g/mol. The Bertz CT molecular complexity index is 464. The maximum atomic E-state index is 5.79. The van der Waals surface area contributed by atoms with Crippen LogP contribution in [0.5, 0.6) is 0 Å². The first-order chi connectivity index (χ1) is 7.52. The van der Waals surface area contributed by atoms with Crippen molar-refractivity contribution in [2.75, 3.05) is 0 Å². The summed E-state index contributed by atoms with van der Waals surface area (Å²) in [5, 5.41) is 5.30. The number of hydrogen-bond acceptors (Lipinski definition) is 4. The summed E-state index contributed by atoms with van der Waals surface area (Å²) in [4.78, 5) is 5.94. The Balaban J connectivity index is 2.48. The van der Waals surface area contributed by atoms with E-state index >= 15 is 0 Å². The second kappa shape index (κ2) is 4.28. The van der Waals surface area contributed by atoms with Crippen molar-refractivity contribution in [2.24, 2.45) is 5.73 Å². The van der Waals surface area contributed by atoms with E-state index in [-0.39, 0.29) is 5.41 Å². The molecule has 0 saturated heterocycles. The zero-order chi connectivity index (χ0) is 11.8. The average molecular weight is 252 g/mol. The summed E-state index contributed by atoms with van der Waals surface area (Å²) in [7, 11) is 0. The van der Waals surface area contributed by atoms with Crippen LogP contribution in [0.1, 0.15) is 31.3 Å². The molecular weight excluding hydrogens is 236 g/mol. The van der Waals surface area contributed by atoms with Gasteiger partial charge in [-0.3, -0.25) is 0 Å². The molecule has 0 unspecified atom stereocenters. The van der Waals surface area contributed by atoms with Crippen molar-refractivity contribution in [1.29, 1.82) is 0 Å². The largest absolute Gasteiger partial charge is 0.326 e. The van der Waals surface area contributed by atoms with E-state index in [9.17, 15) is 0 Å². The first-order valence-electron chi connectivity index (χ1n) is 5.25. The van der Waals surface area contributed by atoms with Crippen molar-refractivity contribution in [2.45, 2.75) is 32.7 Å². The molecule has 2 rings (SSSR count). The Morgan fingerprint density at radius 2 is 2.12 bits per heavy atom. The summed E-state index contributed by atoms with van der Waals surface area (Å²) in [5.41, 5.74) is 8.20. The zero-order valence-corrected chi connectivity index (χ0v) is 11.4. The van der Waals surface area contributed by atoms with E-state index in [1.54, 1.807) is 22.7 Å². The van der Waals surface area contributed by atoms with Gasteiger partial charge in [0.25, 0.3) is 0 Å². The van der Waals surface area contributed by atoms with Gasteiger partial charge in [-0.2, -0.15) is 11.3 Å². The zero-order valence-electron chi connectivity index (χ0n) is 9.78. The molecule has 0 aliphatic heterocycles. The molecular formula is C12H16N2S2. The fraction of sp³-hybridized carbons (Fsp3) is 0.417. The van der Waals surface area contributed by atoms with Crippen molar-refractivity contribution >= 4 is 22.7 Å². The molecule has 2 aromatic rings. The smallest absolute Gasteiger partial charge is 0.124 e. The number of aromatic nitrogens is 1. The summed E-state index contributed by atoms with van der Waals surface area (Å²) < 4.78 is 0. The van der Waals surface area contributed by atoms with Gasteiger partial charge in [0.05, 0.1) is 5.69 Å². The van der Waals surface area contributed by atoms with Crippen LogP contribution in [0.3, 0.4) is 0 Å². The molecule has 86 valence electrons. The molecule has 0 bridgehead atoms. The number of rotatable bonds is 2. The average Bonchev–Trinajstić information content (AvgIpc) is 2.85. The molecule has 2 heterocycles. The molecule has 0 aromatic carbocycles. The van der Waals surface area contributed by atoms with E-state index in [1.165, 1.54) is 10.4 Å². The minimum atomic E-state index is 0.0689. The van der Waals surface area contributed by atoms with Gasteiger partial charge in [0.15, 0.2) is 0 Å². The van der Waals surface area contributed by atoms with Crippen molar-refractivity contribution in [3.8, 4) is 10.6 Å². The van der Waals surface area contributed by atoms with Gasteiger partial charge in [-0.1, -0.05) is 20.8 Å². The molecule has 2 aromatic heterocycles. The maximum absolute atomic E-state index is 5.79. The Labute approximate surface area is 104 Å². The van der Waals surface area contributed by atoms with E-state index in [4.69, 9.17) is 10.7 Å². The van der Waals surface area contributed by atoms with E-state index in [0.29, 0.717) is 6.54 Å². The molecule has 2 nitrogen and oxygen atoms in total. The molecule has 16 heavy (non-hydrogen) atoms. The van der Waals surface area contributed by atoms with Crippen molar-refractivity contribution in [3.63, 3.8) is 0 Å². The number of hydrogen-bond donors (Lipinski definition) is 1. The Morgan fingerprint density at radius 1 is 1.38 bits per heavy atom. The Morgan fingerprint density at radius 3 is 2.56 bits per heavy atom. The Kier molecular flexibility index (Phi) is 3.15. The normalized spacial score (nSPS) is 12.0. The molecule has 0 saturated carbocycles. The quantitative estimate of drug-likeness (QED) is 0.886. The third kappa shape index (κ3) is 2.19. The fourth-order valence-corrected chi connectivity index (χ4v) is 3.45. The molecule has 0 amide bonds. The van der Waals surface area contributed by atoms with Crippen molar-refractivity contribution in [1.82, 2.24) is 4.98 Å². The number of thiophene rings is 1. The highest BCUT2D eigenvalue weighted by Gasteiger charge is 2.22. The highest BCUT2D eigenvalue weighted by atomic mass is 32.1. The van der Waals surface area contributed by atoms with Crippen LogP contribution < -0.4 is 5.73 Å². The highest BCUT2D eigenvalue weighted by molar-refractivity contribution is 7.15. The van der Waals surface area contributed by atoms with E-state index < -0.39 is 0 Å². The first-order valence-corrected chi connectivity index (χ1v) is 7.01. The molecule has 0 spiro atoms. The fourth-order valence-electron chi connectivity index (χ4n) is 1.59. The van der Waals surface area contributed by atoms with Crippen LogP contribution in [-0.4, -0.2) is 4.98 Å². The number of nitrogens with zero attached hydrogens (tertiary/aromatic N) is 1. The van der Waals surface area contributed by atoms with Crippen LogP contribution in [0, 0.1) is 0 Å². The summed E-state index contributed by atoms with van der Waals surface area (Å²) in [6.07, 6.45) is 0.